The molecule has 0 spiro atoms. The van der Waals surface area contributed by atoms with Crippen molar-refractivity contribution < 1.29 is 5.11 Å². The quantitative estimate of drug-likeness (QED) is 0.874. The van der Waals surface area contributed by atoms with Gasteiger partial charge in [0.05, 0.1) is 6.61 Å². The van der Waals surface area contributed by atoms with Gasteiger partial charge in [0.2, 0.25) is 0 Å². The van der Waals surface area contributed by atoms with E-state index in [0.29, 0.717) is 0 Å². The lowest BCUT2D eigenvalue weighted by molar-refractivity contribution is 0.276. The van der Waals surface area contributed by atoms with Crippen LogP contribution in [0.3, 0.4) is 0 Å². The number of thiazole rings is 1. The van der Waals surface area contributed by atoms with Gasteiger partial charge in [0.25, 0.3) is 0 Å². The summed E-state index contributed by atoms with van der Waals surface area (Å²) in [4.78, 5) is 4.40. The van der Waals surface area contributed by atoms with Crippen molar-refractivity contribution >= 4 is 17.0 Å². The Morgan fingerprint density at radius 1 is 1.41 bits per heavy atom. The topological polar surface area (TPSA) is 45.1 Å². The number of aromatic nitrogens is 1. The lowest BCUT2D eigenvalue weighted by atomic mass is 10.2. The van der Waals surface area contributed by atoms with Crippen LogP contribution in [0.2, 0.25) is 0 Å². The molecule has 3 nitrogen and oxygen atoms in total. The second-order valence-corrected chi connectivity index (χ2v) is 4.97. The van der Waals surface area contributed by atoms with E-state index in [9.17, 15) is 5.11 Å². The molecule has 2 N–H and O–H groups in total. The molecule has 2 rings (SSSR count). The molecule has 0 aliphatic heterocycles. The van der Waals surface area contributed by atoms with E-state index in [1.807, 2.05) is 37.4 Å². The number of nitrogens with zero attached hydrogens (tertiary/aromatic N) is 1. The van der Waals surface area contributed by atoms with Crippen LogP contribution >= 0.6 is 11.3 Å². The first-order chi connectivity index (χ1) is 8.19. The van der Waals surface area contributed by atoms with Gasteiger partial charge in [-0.15, -0.1) is 11.3 Å². The maximum Gasteiger partial charge on any atom is 0.118 e. The summed E-state index contributed by atoms with van der Waals surface area (Å²) in [5.74, 6) is 0. The standard InChI is InChI=1S/C13H16N2OS/c1-9-4-3-5-11(6-9)15-12(7-16)13-14-10(2)8-17-13/h3-6,8,12,15-16H,7H2,1-2H3. The van der Waals surface area contributed by atoms with Crippen LogP contribution in [-0.4, -0.2) is 16.7 Å². The second-order valence-electron chi connectivity index (χ2n) is 4.08. The van der Waals surface area contributed by atoms with Crippen molar-refractivity contribution in [3.05, 3.63) is 45.9 Å². The van der Waals surface area contributed by atoms with Gasteiger partial charge >= 0.3 is 0 Å². The number of rotatable bonds is 4. The summed E-state index contributed by atoms with van der Waals surface area (Å²) in [5, 5.41) is 15.6. The highest BCUT2D eigenvalue weighted by Gasteiger charge is 2.13. The van der Waals surface area contributed by atoms with Gasteiger partial charge in [-0.3, -0.25) is 0 Å². The fourth-order valence-corrected chi connectivity index (χ4v) is 2.49. The lowest BCUT2D eigenvalue weighted by Gasteiger charge is -2.15. The van der Waals surface area contributed by atoms with E-state index >= 15 is 0 Å². The molecule has 2 aromatic rings. The molecule has 1 atom stereocenters. The van der Waals surface area contributed by atoms with E-state index in [4.69, 9.17) is 0 Å². The van der Waals surface area contributed by atoms with Crippen LogP contribution in [0.1, 0.15) is 22.3 Å². The molecular formula is C13H16N2OS. The molecule has 0 aliphatic carbocycles. The Bertz CT molecular complexity index is 496. The minimum atomic E-state index is -0.129. The molecule has 1 aromatic heterocycles. The molecule has 17 heavy (non-hydrogen) atoms. The Hall–Kier alpha value is -1.39. The summed E-state index contributed by atoms with van der Waals surface area (Å²) in [5.41, 5.74) is 3.20. The number of hydrogen-bond acceptors (Lipinski definition) is 4. The van der Waals surface area contributed by atoms with E-state index in [2.05, 4.69) is 16.4 Å². The van der Waals surface area contributed by atoms with Gasteiger partial charge in [0, 0.05) is 16.8 Å². The van der Waals surface area contributed by atoms with Crippen molar-refractivity contribution in [1.82, 2.24) is 4.98 Å². The highest BCUT2D eigenvalue weighted by Crippen LogP contribution is 2.22. The van der Waals surface area contributed by atoms with E-state index in [1.165, 1.54) is 5.56 Å². The highest BCUT2D eigenvalue weighted by molar-refractivity contribution is 7.09. The first-order valence-corrected chi connectivity index (χ1v) is 6.43. The van der Waals surface area contributed by atoms with Gasteiger partial charge in [-0.25, -0.2) is 4.98 Å². The zero-order chi connectivity index (χ0) is 12.3. The third kappa shape index (κ3) is 3.05. The zero-order valence-corrected chi connectivity index (χ0v) is 10.8. The Morgan fingerprint density at radius 3 is 2.82 bits per heavy atom. The smallest absolute Gasteiger partial charge is 0.118 e. The molecule has 1 heterocycles. The van der Waals surface area contributed by atoms with Crippen molar-refractivity contribution in [3.8, 4) is 0 Å². The molecule has 0 saturated heterocycles. The number of hydrogen-bond donors (Lipinski definition) is 2. The van der Waals surface area contributed by atoms with Gasteiger partial charge < -0.3 is 10.4 Å². The van der Waals surface area contributed by atoms with E-state index in [1.54, 1.807) is 11.3 Å². The molecular weight excluding hydrogens is 232 g/mol. The molecule has 0 radical (unpaired) electrons. The van der Waals surface area contributed by atoms with Crippen molar-refractivity contribution in [2.45, 2.75) is 19.9 Å². The fourth-order valence-electron chi connectivity index (χ4n) is 1.65. The molecule has 0 bridgehead atoms. The Kier molecular flexibility index (Phi) is 3.76. The van der Waals surface area contributed by atoms with Gasteiger partial charge in [-0.1, -0.05) is 12.1 Å². The van der Waals surface area contributed by atoms with Gasteiger partial charge in [0.15, 0.2) is 0 Å². The van der Waals surface area contributed by atoms with Crippen LogP contribution in [0.4, 0.5) is 5.69 Å². The molecule has 1 unspecified atom stereocenters. The zero-order valence-electron chi connectivity index (χ0n) is 9.97. The third-order valence-electron chi connectivity index (χ3n) is 2.48. The van der Waals surface area contributed by atoms with E-state index < -0.39 is 0 Å². The van der Waals surface area contributed by atoms with E-state index in [0.717, 1.165) is 16.4 Å². The minimum absolute atomic E-state index is 0.0426. The van der Waals surface area contributed by atoms with Crippen LogP contribution in [0, 0.1) is 13.8 Å². The van der Waals surface area contributed by atoms with Crippen LogP contribution in [0.5, 0.6) is 0 Å². The SMILES string of the molecule is Cc1cccc(NC(CO)c2nc(C)cs2)c1. The van der Waals surface area contributed by atoms with Crippen LogP contribution in [-0.2, 0) is 0 Å². The molecule has 4 heteroatoms. The fraction of sp³-hybridized carbons (Fsp3) is 0.308. The van der Waals surface area contributed by atoms with E-state index in [-0.39, 0.29) is 12.6 Å². The molecule has 1 aromatic carbocycles. The monoisotopic (exact) mass is 248 g/mol. The predicted octanol–water partition coefficient (Wildman–Crippen LogP) is 2.91. The average Bonchev–Trinajstić information content (AvgIpc) is 2.73. The second kappa shape index (κ2) is 5.29. The molecule has 0 aliphatic rings. The van der Waals surface area contributed by atoms with Gasteiger partial charge in [0.1, 0.15) is 11.0 Å². The number of benzene rings is 1. The minimum Gasteiger partial charge on any atom is -0.394 e. The maximum atomic E-state index is 9.42. The van der Waals surface area contributed by atoms with Crippen LogP contribution in [0.25, 0.3) is 0 Å². The number of anilines is 1. The van der Waals surface area contributed by atoms with Crippen molar-refractivity contribution in [2.75, 3.05) is 11.9 Å². The third-order valence-corrected chi connectivity index (χ3v) is 3.55. The summed E-state index contributed by atoms with van der Waals surface area (Å²) >= 11 is 1.57. The average molecular weight is 248 g/mol. The van der Waals surface area contributed by atoms with Crippen molar-refractivity contribution in [2.24, 2.45) is 0 Å². The normalized spacial score (nSPS) is 12.4. The lowest BCUT2D eigenvalue weighted by Crippen LogP contribution is -2.14. The summed E-state index contributed by atoms with van der Waals surface area (Å²) in [7, 11) is 0. The van der Waals surface area contributed by atoms with Gasteiger partial charge in [-0.2, -0.15) is 0 Å². The molecule has 0 fully saturated rings. The Balaban J connectivity index is 2.15. The predicted molar refractivity (Wildman–Crippen MR) is 71.5 cm³/mol. The van der Waals surface area contributed by atoms with Crippen molar-refractivity contribution in [3.63, 3.8) is 0 Å². The Morgan fingerprint density at radius 2 is 2.24 bits per heavy atom. The largest absolute Gasteiger partial charge is 0.394 e. The molecule has 90 valence electrons. The number of aliphatic hydroxyl groups is 1. The summed E-state index contributed by atoms with van der Waals surface area (Å²) in [6, 6.07) is 7.97. The number of nitrogens with one attached hydrogen (secondary N) is 1. The molecule has 0 amide bonds. The first-order valence-electron chi connectivity index (χ1n) is 5.55. The van der Waals surface area contributed by atoms with Gasteiger partial charge in [-0.05, 0) is 31.5 Å². The summed E-state index contributed by atoms with van der Waals surface area (Å²) in [6.07, 6.45) is 0. The highest BCUT2D eigenvalue weighted by atomic mass is 32.1. The van der Waals surface area contributed by atoms with Crippen molar-refractivity contribution in [1.29, 1.82) is 0 Å². The Labute approximate surface area is 105 Å². The first kappa shape index (κ1) is 12.1. The molecule has 0 saturated carbocycles. The van der Waals surface area contributed by atoms with Crippen LogP contribution < -0.4 is 5.32 Å². The van der Waals surface area contributed by atoms with Crippen LogP contribution in [0.15, 0.2) is 29.6 Å². The number of aryl methyl sites for hydroxylation is 2. The number of aliphatic hydroxyl groups excluding tert-OH is 1. The summed E-state index contributed by atoms with van der Waals surface area (Å²) < 4.78 is 0. The summed E-state index contributed by atoms with van der Waals surface area (Å²) in [6.45, 7) is 4.05. The maximum absolute atomic E-state index is 9.42.